The minimum absolute atomic E-state index is 0.00439. The van der Waals surface area contributed by atoms with E-state index in [1.165, 1.54) is 0 Å². The van der Waals surface area contributed by atoms with E-state index in [-0.39, 0.29) is 30.2 Å². The molecule has 1 N–H and O–H groups in total. The number of amides is 3. The van der Waals surface area contributed by atoms with Crippen molar-refractivity contribution in [2.24, 2.45) is 17.8 Å². The second kappa shape index (κ2) is 13.4. The Morgan fingerprint density at radius 1 is 1.12 bits per heavy atom. The van der Waals surface area contributed by atoms with Crippen LogP contribution in [0.5, 0.6) is 0 Å². The van der Waals surface area contributed by atoms with Gasteiger partial charge in [-0.1, -0.05) is 76.1 Å². The van der Waals surface area contributed by atoms with Crippen LogP contribution in [-0.2, 0) is 20.9 Å². The quantitative estimate of drug-likeness (QED) is 0.292. The molecule has 1 aromatic carbocycles. The van der Waals surface area contributed by atoms with Crippen molar-refractivity contribution in [2.45, 2.75) is 87.9 Å². The predicted octanol–water partition coefficient (Wildman–Crippen LogP) is 4.90. The van der Waals surface area contributed by atoms with Crippen molar-refractivity contribution >= 4 is 29.5 Å². The Bertz CT molecular complexity index is 1160. The SMILES string of the molecule is C=CCN(CCCC)C(=O)C1N([C@@H](CO)[C@@H](C)CC)C(=O)[C@@H]2[C@H](C(=O)N(CC=C)Cc3ccccc3)[C@]3(C)CCC12S3. The molecule has 3 aliphatic rings. The molecule has 7 atom stereocenters. The number of hydrogen-bond donors (Lipinski definition) is 1. The zero-order valence-electron chi connectivity index (χ0n) is 25.8. The van der Waals surface area contributed by atoms with Crippen LogP contribution in [0.25, 0.3) is 0 Å². The van der Waals surface area contributed by atoms with E-state index in [4.69, 9.17) is 0 Å². The fourth-order valence-electron chi connectivity index (χ4n) is 7.55. The van der Waals surface area contributed by atoms with Gasteiger partial charge in [-0.25, -0.2) is 0 Å². The van der Waals surface area contributed by atoms with Gasteiger partial charge in [0.1, 0.15) is 6.04 Å². The van der Waals surface area contributed by atoms with Crippen molar-refractivity contribution in [2.75, 3.05) is 26.2 Å². The van der Waals surface area contributed by atoms with E-state index >= 15 is 0 Å². The molecule has 4 rings (SSSR count). The Morgan fingerprint density at radius 2 is 1.79 bits per heavy atom. The maximum absolute atomic E-state index is 14.7. The Hall–Kier alpha value is -2.58. The highest BCUT2D eigenvalue weighted by molar-refractivity contribution is 8.02. The molecule has 8 heteroatoms. The number of carbonyl (C=O) groups is 3. The van der Waals surface area contributed by atoms with Crippen LogP contribution in [-0.4, -0.2) is 85.3 Å². The molecule has 3 aliphatic heterocycles. The van der Waals surface area contributed by atoms with Crippen molar-refractivity contribution in [3.05, 3.63) is 61.2 Å². The van der Waals surface area contributed by atoms with E-state index in [0.29, 0.717) is 32.6 Å². The van der Waals surface area contributed by atoms with Crippen LogP contribution in [0, 0.1) is 17.8 Å². The van der Waals surface area contributed by atoms with E-state index < -0.39 is 33.4 Å². The summed E-state index contributed by atoms with van der Waals surface area (Å²) < 4.78 is -1.18. The van der Waals surface area contributed by atoms with Gasteiger partial charge in [-0.3, -0.25) is 14.4 Å². The topological polar surface area (TPSA) is 81.2 Å². The van der Waals surface area contributed by atoms with Gasteiger partial charge in [0.25, 0.3) is 0 Å². The van der Waals surface area contributed by atoms with Crippen molar-refractivity contribution in [1.82, 2.24) is 14.7 Å². The van der Waals surface area contributed by atoms with Gasteiger partial charge in [0, 0.05) is 30.9 Å². The van der Waals surface area contributed by atoms with Crippen LogP contribution in [0.2, 0.25) is 0 Å². The van der Waals surface area contributed by atoms with E-state index in [9.17, 15) is 19.5 Å². The average molecular weight is 596 g/mol. The molecule has 7 nitrogen and oxygen atoms in total. The zero-order chi connectivity index (χ0) is 30.7. The van der Waals surface area contributed by atoms with Crippen LogP contribution >= 0.6 is 11.8 Å². The second-order valence-electron chi connectivity index (χ2n) is 12.5. The van der Waals surface area contributed by atoms with E-state index in [2.05, 4.69) is 27.0 Å². The molecule has 3 heterocycles. The van der Waals surface area contributed by atoms with Crippen molar-refractivity contribution in [1.29, 1.82) is 0 Å². The molecule has 0 aromatic heterocycles. The molecule has 42 heavy (non-hydrogen) atoms. The van der Waals surface area contributed by atoms with E-state index in [0.717, 1.165) is 31.2 Å². The summed E-state index contributed by atoms with van der Waals surface area (Å²) in [4.78, 5) is 49.2. The first-order chi connectivity index (χ1) is 20.1. The lowest BCUT2D eigenvalue weighted by atomic mass is 9.66. The Morgan fingerprint density at radius 3 is 2.38 bits per heavy atom. The molecule has 0 aliphatic carbocycles. The molecular formula is C34H49N3O4S. The summed E-state index contributed by atoms with van der Waals surface area (Å²) in [5.74, 6) is -1.49. The number of carbonyl (C=O) groups excluding carboxylic acids is 3. The number of unbranched alkanes of at least 4 members (excludes halogenated alkanes) is 1. The van der Waals surface area contributed by atoms with Gasteiger partial charge in [-0.05, 0) is 37.7 Å². The number of hydrogen-bond acceptors (Lipinski definition) is 5. The molecule has 3 saturated heterocycles. The second-order valence-corrected chi connectivity index (χ2v) is 14.4. The van der Waals surface area contributed by atoms with Crippen LogP contribution in [0.3, 0.4) is 0 Å². The van der Waals surface area contributed by atoms with Gasteiger partial charge in [-0.15, -0.1) is 24.9 Å². The lowest BCUT2D eigenvalue weighted by molar-refractivity contribution is -0.148. The number of benzene rings is 1. The molecule has 1 spiro atoms. The largest absolute Gasteiger partial charge is 0.394 e. The molecule has 230 valence electrons. The summed E-state index contributed by atoms with van der Waals surface area (Å²) in [6.07, 6.45) is 7.48. The number of rotatable bonds is 15. The van der Waals surface area contributed by atoms with Gasteiger partial charge in [0.05, 0.1) is 29.2 Å². The van der Waals surface area contributed by atoms with Crippen LogP contribution in [0.4, 0.5) is 0 Å². The number of likely N-dealkylation sites (tertiary alicyclic amines) is 1. The fourth-order valence-corrected chi connectivity index (χ4v) is 9.88. The summed E-state index contributed by atoms with van der Waals surface area (Å²) in [5.41, 5.74) is 1.02. The number of thioether (sulfide) groups is 1. The molecule has 0 saturated carbocycles. The monoisotopic (exact) mass is 595 g/mol. The number of fused-ring (bicyclic) bond motifs is 1. The number of aliphatic hydroxyl groups excluding tert-OH is 1. The highest BCUT2D eigenvalue weighted by Crippen LogP contribution is 2.72. The summed E-state index contributed by atoms with van der Waals surface area (Å²) in [6.45, 7) is 17.6. The minimum atomic E-state index is -0.732. The van der Waals surface area contributed by atoms with Crippen LogP contribution < -0.4 is 0 Å². The standard InChI is InChI=1S/C34H49N3O4S/c1-7-11-21-35(19-8-2)32(41)29-34-18-17-33(6,42-34)27(28(34)31(40)37(29)26(23-38)24(5)10-4)30(39)36(20-9-3)22-25-15-13-12-14-16-25/h8-9,12-16,24,26-29,38H,2-3,7,10-11,17-23H2,1,4-6H3/t24-,26-,27+,28-,29?,33-,34?/m0/s1. The van der Waals surface area contributed by atoms with Crippen LogP contribution in [0.1, 0.15) is 65.4 Å². The number of nitrogens with zero attached hydrogens (tertiary/aromatic N) is 3. The first-order valence-corrected chi connectivity index (χ1v) is 16.4. The molecule has 3 amide bonds. The highest BCUT2D eigenvalue weighted by Gasteiger charge is 2.78. The van der Waals surface area contributed by atoms with Gasteiger partial charge in [-0.2, -0.15) is 0 Å². The first-order valence-electron chi connectivity index (χ1n) is 15.6. The van der Waals surface area contributed by atoms with Crippen LogP contribution in [0.15, 0.2) is 55.6 Å². The van der Waals surface area contributed by atoms with Gasteiger partial charge >= 0.3 is 0 Å². The van der Waals surface area contributed by atoms with Gasteiger partial charge < -0.3 is 19.8 Å². The minimum Gasteiger partial charge on any atom is -0.394 e. The molecule has 2 unspecified atom stereocenters. The normalized spacial score (nSPS) is 29.2. The lowest BCUT2D eigenvalue weighted by Gasteiger charge is -2.41. The summed E-state index contributed by atoms with van der Waals surface area (Å²) in [6, 6.07) is 8.65. The third-order valence-electron chi connectivity index (χ3n) is 9.88. The molecule has 0 radical (unpaired) electrons. The Balaban J connectivity index is 1.80. The fraction of sp³-hybridized carbons (Fsp3) is 0.618. The molecule has 2 bridgehead atoms. The van der Waals surface area contributed by atoms with Gasteiger partial charge in [0.15, 0.2) is 0 Å². The number of aliphatic hydroxyl groups is 1. The first kappa shape index (κ1) is 32.3. The lowest BCUT2D eigenvalue weighted by Crippen LogP contribution is -2.58. The third kappa shape index (κ3) is 5.57. The zero-order valence-corrected chi connectivity index (χ0v) is 26.7. The maximum Gasteiger partial charge on any atom is 0.247 e. The Labute approximate surface area is 256 Å². The summed E-state index contributed by atoms with van der Waals surface area (Å²) in [7, 11) is 0. The van der Waals surface area contributed by atoms with Crippen molar-refractivity contribution < 1.29 is 19.5 Å². The smallest absolute Gasteiger partial charge is 0.247 e. The predicted molar refractivity (Wildman–Crippen MR) is 170 cm³/mol. The summed E-state index contributed by atoms with van der Waals surface area (Å²) in [5, 5.41) is 10.6. The average Bonchev–Trinajstić information content (AvgIpc) is 3.56. The van der Waals surface area contributed by atoms with Gasteiger partial charge in [0.2, 0.25) is 17.7 Å². The molecular weight excluding hydrogens is 546 g/mol. The summed E-state index contributed by atoms with van der Waals surface area (Å²) >= 11 is 1.69. The molecule has 3 fully saturated rings. The maximum atomic E-state index is 14.7. The molecule has 1 aromatic rings. The van der Waals surface area contributed by atoms with Crippen molar-refractivity contribution in [3.63, 3.8) is 0 Å². The Kier molecular flexibility index (Phi) is 10.3. The van der Waals surface area contributed by atoms with E-state index in [1.54, 1.807) is 28.8 Å². The third-order valence-corrected chi connectivity index (χ3v) is 11.9. The van der Waals surface area contributed by atoms with E-state index in [1.807, 2.05) is 54.0 Å². The highest BCUT2D eigenvalue weighted by atomic mass is 32.2. The van der Waals surface area contributed by atoms with Crippen molar-refractivity contribution in [3.8, 4) is 0 Å².